The second kappa shape index (κ2) is 5.81. The fraction of sp³-hybridized carbons (Fsp3) is 0.429. The highest BCUT2D eigenvalue weighted by Gasteiger charge is 2.29. The Morgan fingerprint density at radius 1 is 1.48 bits per heavy atom. The number of carbonyl (C=O) groups excluding carboxylic acids is 2. The van der Waals surface area contributed by atoms with Crippen LogP contribution in [0.3, 0.4) is 0 Å². The van der Waals surface area contributed by atoms with Gasteiger partial charge < -0.3 is 20.1 Å². The summed E-state index contributed by atoms with van der Waals surface area (Å²) in [5.41, 5.74) is -0.240. The lowest BCUT2D eigenvalue weighted by molar-refractivity contribution is -0.118. The Kier molecular flexibility index (Phi) is 4.27. The van der Waals surface area contributed by atoms with Crippen molar-refractivity contribution in [3.8, 4) is 5.75 Å². The fourth-order valence-electron chi connectivity index (χ4n) is 1.76. The molecule has 1 aliphatic heterocycles. The molecule has 0 unspecified atom stereocenters. The summed E-state index contributed by atoms with van der Waals surface area (Å²) in [6.45, 7) is 5.22. The first-order valence-electron chi connectivity index (χ1n) is 6.48. The van der Waals surface area contributed by atoms with Crippen LogP contribution in [0, 0.1) is 0 Å². The number of hydrogen-bond acceptors (Lipinski definition) is 4. The van der Waals surface area contributed by atoms with Crippen molar-refractivity contribution >= 4 is 29.3 Å². The molecule has 0 aliphatic carbocycles. The lowest BCUT2D eigenvalue weighted by Gasteiger charge is -2.22. The molecule has 1 atom stereocenters. The van der Waals surface area contributed by atoms with E-state index in [4.69, 9.17) is 21.1 Å². The van der Waals surface area contributed by atoms with Crippen LogP contribution in [0.4, 0.5) is 10.5 Å². The SMILES string of the molecule is CC(C)(C)OC(=O)N[C@H]1COc2cccc(Cl)c2NC1=O. The summed E-state index contributed by atoms with van der Waals surface area (Å²) >= 11 is 6.01. The zero-order chi connectivity index (χ0) is 15.6. The monoisotopic (exact) mass is 312 g/mol. The van der Waals surface area contributed by atoms with Crippen LogP contribution in [0.1, 0.15) is 20.8 Å². The van der Waals surface area contributed by atoms with E-state index in [1.54, 1.807) is 39.0 Å². The third-order valence-electron chi connectivity index (χ3n) is 2.64. The smallest absolute Gasteiger partial charge is 0.408 e. The van der Waals surface area contributed by atoms with Crippen LogP contribution in [0.5, 0.6) is 5.75 Å². The zero-order valence-electron chi connectivity index (χ0n) is 12.0. The van der Waals surface area contributed by atoms with Crippen LogP contribution in [-0.2, 0) is 9.53 Å². The summed E-state index contributed by atoms with van der Waals surface area (Å²) in [6, 6.07) is 4.20. The predicted octanol–water partition coefficient (Wildman–Crippen LogP) is 2.56. The van der Waals surface area contributed by atoms with E-state index in [1.165, 1.54) is 0 Å². The lowest BCUT2D eigenvalue weighted by atomic mass is 10.2. The Morgan fingerprint density at radius 3 is 2.86 bits per heavy atom. The molecule has 1 aromatic carbocycles. The molecule has 2 rings (SSSR count). The van der Waals surface area contributed by atoms with E-state index in [-0.39, 0.29) is 6.61 Å². The van der Waals surface area contributed by atoms with E-state index in [0.29, 0.717) is 16.5 Å². The molecule has 2 amide bonds. The van der Waals surface area contributed by atoms with Gasteiger partial charge in [0.25, 0.3) is 5.91 Å². The molecule has 114 valence electrons. The number of fused-ring (bicyclic) bond motifs is 1. The predicted molar refractivity (Wildman–Crippen MR) is 78.7 cm³/mol. The highest BCUT2D eigenvalue weighted by Crippen LogP contribution is 2.33. The van der Waals surface area contributed by atoms with Crippen LogP contribution >= 0.6 is 11.6 Å². The van der Waals surface area contributed by atoms with Gasteiger partial charge in [0, 0.05) is 0 Å². The van der Waals surface area contributed by atoms with Gasteiger partial charge in [0.05, 0.1) is 5.02 Å². The number of anilines is 1. The standard InChI is InChI=1S/C14H17ClN2O4/c1-14(2,3)21-13(19)16-9-7-20-10-6-4-5-8(15)11(10)17-12(9)18/h4-6,9H,7H2,1-3H3,(H,16,19)(H,17,18)/t9-/m0/s1. The van der Waals surface area contributed by atoms with Gasteiger partial charge in [-0.3, -0.25) is 4.79 Å². The Bertz CT molecular complexity index is 569. The molecule has 0 spiro atoms. The molecule has 0 aromatic heterocycles. The van der Waals surface area contributed by atoms with Crippen LogP contribution in [0.2, 0.25) is 5.02 Å². The van der Waals surface area contributed by atoms with Gasteiger partial charge in [0.15, 0.2) is 0 Å². The number of alkyl carbamates (subject to hydrolysis) is 1. The molecule has 2 N–H and O–H groups in total. The van der Waals surface area contributed by atoms with Crippen molar-refractivity contribution in [1.29, 1.82) is 0 Å². The average Bonchev–Trinajstić information content (AvgIpc) is 2.49. The van der Waals surface area contributed by atoms with Gasteiger partial charge in [0.1, 0.15) is 29.7 Å². The number of amides is 2. The summed E-state index contributed by atoms with van der Waals surface area (Å²) in [7, 11) is 0. The van der Waals surface area contributed by atoms with Crippen LogP contribution in [-0.4, -0.2) is 30.3 Å². The van der Waals surface area contributed by atoms with Crippen molar-refractivity contribution < 1.29 is 19.1 Å². The number of para-hydroxylation sites is 1. The van der Waals surface area contributed by atoms with Gasteiger partial charge in [-0.1, -0.05) is 17.7 Å². The van der Waals surface area contributed by atoms with E-state index in [2.05, 4.69) is 10.6 Å². The minimum absolute atomic E-state index is 0.00157. The zero-order valence-corrected chi connectivity index (χ0v) is 12.8. The molecular formula is C14H17ClN2O4. The molecule has 1 heterocycles. The van der Waals surface area contributed by atoms with Gasteiger partial charge in [-0.25, -0.2) is 4.79 Å². The maximum absolute atomic E-state index is 12.1. The number of nitrogens with one attached hydrogen (secondary N) is 2. The van der Waals surface area contributed by atoms with Crippen molar-refractivity contribution in [2.75, 3.05) is 11.9 Å². The van der Waals surface area contributed by atoms with Gasteiger partial charge in [0.2, 0.25) is 0 Å². The van der Waals surface area contributed by atoms with Gasteiger partial charge >= 0.3 is 6.09 Å². The Labute approximate surface area is 127 Å². The topological polar surface area (TPSA) is 76.7 Å². The first kappa shape index (κ1) is 15.4. The largest absolute Gasteiger partial charge is 0.489 e. The Hall–Kier alpha value is -1.95. The van der Waals surface area contributed by atoms with Crippen molar-refractivity contribution in [2.24, 2.45) is 0 Å². The minimum Gasteiger partial charge on any atom is -0.489 e. The Morgan fingerprint density at radius 2 is 2.19 bits per heavy atom. The molecule has 6 nitrogen and oxygen atoms in total. The van der Waals surface area contributed by atoms with E-state index in [9.17, 15) is 9.59 Å². The minimum atomic E-state index is -0.858. The number of carbonyl (C=O) groups is 2. The van der Waals surface area contributed by atoms with Gasteiger partial charge in [-0.2, -0.15) is 0 Å². The molecule has 0 fully saturated rings. The number of benzene rings is 1. The van der Waals surface area contributed by atoms with Crippen molar-refractivity contribution in [2.45, 2.75) is 32.4 Å². The summed E-state index contributed by atoms with van der Waals surface area (Å²) in [5.74, 6) is 0.0528. The molecule has 7 heteroatoms. The molecule has 1 aliphatic rings. The molecule has 1 aromatic rings. The van der Waals surface area contributed by atoms with Gasteiger partial charge in [-0.15, -0.1) is 0 Å². The van der Waals surface area contributed by atoms with Crippen LogP contribution in [0.25, 0.3) is 0 Å². The summed E-state index contributed by atoms with van der Waals surface area (Å²) in [6.07, 6.45) is -0.677. The van der Waals surface area contributed by atoms with Gasteiger partial charge in [-0.05, 0) is 32.9 Å². The van der Waals surface area contributed by atoms with Crippen molar-refractivity contribution in [3.63, 3.8) is 0 Å². The highest BCUT2D eigenvalue weighted by atomic mass is 35.5. The third-order valence-corrected chi connectivity index (χ3v) is 2.95. The van der Waals surface area contributed by atoms with Crippen LogP contribution < -0.4 is 15.4 Å². The normalized spacial score (nSPS) is 17.9. The number of hydrogen-bond donors (Lipinski definition) is 2. The second-order valence-corrected chi connectivity index (χ2v) is 6.02. The quantitative estimate of drug-likeness (QED) is 0.835. The first-order chi connectivity index (χ1) is 9.76. The summed E-state index contributed by atoms with van der Waals surface area (Å²) in [4.78, 5) is 23.8. The van der Waals surface area contributed by atoms with E-state index in [0.717, 1.165) is 0 Å². The van der Waals surface area contributed by atoms with Crippen molar-refractivity contribution in [3.05, 3.63) is 23.2 Å². The second-order valence-electron chi connectivity index (χ2n) is 5.61. The maximum Gasteiger partial charge on any atom is 0.408 e. The number of halogens is 1. The average molecular weight is 313 g/mol. The molecule has 0 saturated heterocycles. The molecular weight excluding hydrogens is 296 g/mol. The van der Waals surface area contributed by atoms with Crippen molar-refractivity contribution in [1.82, 2.24) is 5.32 Å². The fourth-order valence-corrected chi connectivity index (χ4v) is 1.98. The van der Waals surface area contributed by atoms with E-state index < -0.39 is 23.6 Å². The molecule has 0 radical (unpaired) electrons. The summed E-state index contributed by atoms with van der Waals surface area (Å²) in [5, 5.41) is 5.49. The lowest BCUT2D eigenvalue weighted by Crippen LogP contribution is -2.48. The highest BCUT2D eigenvalue weighted by molar-refractivity contribution is 6.34. The maximum atomic E-state index is 12.1. The third kappa shape index (κ3) is 4.01. The molecule has 0 bridgehead atoms. The van der Waals surface area contributed by atoms with Crippen LogP contribution in [0.15, 0.2) is 18.2 Å². The van der Waals surface area contributed by atoms with E-state index in [1.807, 2.05) is 0 Å². The molecule has 0 saturated carbocycles. The number of rotatable bonds is 1. The van der Waals surface area contributed by atoms with E-state index >= 15 is 0 Å². The number of ether oxygens (including phenoxy) is 2. The summed E-state index contributed by atoms with van der Waals surface area (Å²) < 4.78 is 10.6. The molecule has 21 heavy (non-hydrogen) atoms. The first-order valence-corrected chi connectivity index (χ1v) is 6.86. The Balaban J connectivity index is 2.07.